The second kappa shape index (κ2) is 20.4. The standard InChI is InChI=1S/2C23H25F3N4O.ClH/c2*1-30(18-6-5-17(11-18)27-13-15-2-7-19(31)8-3-15)22-20-10-16(12-23(24,25)26)4-9-21(20)28-14-29-22;/h2*2-4,7-10,14,17-18,27,31H,5-6,11-13H2,1H3;1H/t2*17-,18+;/m00./s1. The summed E-state index contributed by atoms with van der Waals surface area (Å²) >= 11 is 0. The van der Waals surface area contributed by atoms with Crippen LogP contribution in [0.15, 0.2) is 97.6 Å². The van der Waals surface area contributed by atoms with Crippen molar-refractivity contribution in [1.82, 2.24) is 30.6 Å². The van der Waals surface area contributed by atoms with Crippen molar-refractivity contribution < 1.29 is 36.6 Å². The Morgan fingerprint density at radius 2 is 0.905 bits per heavy atom. The molecule has 2 heterocycles. The monoisotopic (exact) mass is 896 g/mol. The SMILES string of the molecule is CN(c1ncnc2ccc(CC(F)(F)F)cc12)[C@@H]1CC[C@H](NCc2ccc(O)cc2)C1.CN(c1ncnc2ccc(CC(F)(F)F)cc12)[C@@H]1CC[C@H](NCc2ccc(O)cc2)C1.Cl. The van der Waals surface area contributed by atoms with Gasteiger partial charge in [-0.3, -0.25) is 0 Å². The van der Waals surface area contributed by atoms with Gasteiger partial charge < -0.3 is 30.6 Å². The van der Waals surface area contributed by atoms with E-state index in [2.05, 4.69) is 40.4 Å². The fraction of sp³-hybridized carbons (Fsp3) is 0.391. The third-order valence-corrected chi connectivity index (χ3v) is 11.8. The van der Waals surface area contributed by atoms with Crippen LogP contribution in [0.1, 0.15) is 60.8 Å². The number of rotatable bonds is 12. The molecule has 0 radical (unpaired) electrons. The Labute approximate surface area is 368 Å². The molecule has 17 heteroatoms. The largest absolute Gasteiger partial charge is 0.508 e. The third kappa shape index (κ3) is 12.8. The maximum absolute atomic E-state index is 12.8. The number of phenolic OH excluding ortho intramolecular Hbond substituents is 2. The van der Waals surface area contributed by atoms with Crippen LogP contribution < -0.4 is 20.4 Å². The molecule has 2 aromatic heterocycles. The molecule has 2 saturated carbocycles. The van der Waals surface area contributed by atoms with Gasteiger partial charge in [0.1, 0.15) is 35.8 Å². The molecule has 336 valence electrons. The van der Waals surface area contributed by atoms with Gasteiger partial charge in [0, 0.05) is 62.1 Å². The lowest BCUT2D eigenvalue weighted by Crippen LogP contribution is -2.33. The molecule has 0 spiro atoms. The molecule has 0 saturated heterocycles. The average Bonchev–Trinajstić information content (AvgIpc) is 3.92. The lowest BCUT2D eigenvalue weighted by Gasteiger charge is -2.27. The van der Waals surface area contributed by atoms with Gasteiger partial charge in [-0.1, -0.05) is 36.4 Å². The lowest BCUT2D eigenvalue weighted by atomic mass is 10.1. The zero-order valence-electron chi connectivity index (χ0n) is 34.9. The Morgan fingerprint density at radius 1 is 0.540 bits per heavy atom. The highest BCUT2D eigenvalue weighted by Gasteiger charge is 2.32. The number of nitrogens with zero attached hydrogens (tertiary/aromatic N) is 6. The van der Waals surface area contributed by atoms with Crippen LogP contribution in [0.2, 0.25) is 0 Å². The number of benzene rings is 4. The Hall–Kier alpha value is -5.45. The first kappa shape index (κ1) is 47.0. The minimum Gasteiger partial charge on any atom is -0.508 e. The number of anilines is 2. The van der Waals surface area contributed by atoms with Gasteiger partial charge in [-0.05, 0) is 109 Å². The second-order valence-corrected chi connectivity index (χ2v) is 16.3. The molecule has 0 bridgehead atoms. The van der Waals surface area contributed by atoms with E-state index >= 15 is 0 Å². The number of fused-ring (bicyclic) bond motifs is 2. The number of phenols is 2. The van der Waals surface area contributed by atoms with Crippen LogP contribution in [0, 0.1) is 0 Å². The molecule has 2 fully saturated rings. The molecular formula is C46H51ClF6N8O2. The molecule has 63 heavy (non-hydrogen) atoms. The van der Waals surface area contributed by atoms with E-state index in [4.69, 9.17) is 0 Å². The van der Waals surface area contributed by atoms with Gasteiger partial charge in [-0.25, -0.2) is 19.9 Å². The number of nitrogens with one attached hydrogen (secondary N) is 2. The highest BCUT2D eigenvalue weighted by atomic mass is 35.5. The van der Waals surface area contributed by atoms with Crippen LogP contribution in [-0.4, -0.2) is 80.8 Å². The minimum absolute atomic E-state index is 0. The van der Waals surface area contributed by atoms with Crippen molar-refractivity contribution in [1.29, 1.82) is 0 Å². The molecule has 2 aliphatic carbocycles. The summed E-state index contributed by atoms with van der Waals surface area (Å²) < 4.78 is 77.1. The number of hydrogen-bond donors (Lipinski definition) is 4. The molecule has 6 aromatic rings. The minimum atomic E-state index is -4.25. The summed E-state index contributed by atoms with van der Waals surface area (Å²) in [5, 5.41) is 27.2. The van der Waals surface area contributed by atoms with Gasteiger partial charge in [0.2, 0.25) is 0 Å². The molecule has 0 amide bonds. The Balaban J connectivity index is 0.000000206. The fourth-order valence-corrected chi connectivity index (χ4v) is 8.51. The van der Waals surface area contributed by atoms with Gasteiger partial charge in [-0.15, -0.1) is 12.4 Å². The smallest absolute Gasteiger partial charge is 0.393 e. The summed E-state index contributed by atoms with van der Waals surface area (Å²) in [6, 6.07) is 24.8. The van der Waals surface area contributed by atoms with Crippen LogP contribution in [0.5, 0.6) is 11.5 Å². The van der Waals surface area contributed by atoms with Crippen molar-refractivity contribution in [2.75, 3.05) is 23.9 Å². The summed E-state index contributed by atoms with van der Waals surface area (Å²) in [7, 11) is 3.90. The van der Waals surface area contributed by atoms with Gasteiger partial charge in [0.25, 0.3) is 0 Å². The number of aromatic hydroxyl groups is 2. The molecule has 2 aliphatic rings. The van der Waals surface area contributed by atoms with Crippen molar-refractivity contribution in [2.24, 2.45) is 0 Å². The second-order valence-electron chi connectivity index (χ2n) is 16.3. The van der Waals surface area contributed by atoms with Crippen molar-refractivity contribution in [3.05, 3.63) is 120 Å². The van der Waals surface area contributed by atoms with Crippen molar-refractivity contribution in [3.63, 3.8) is 0 Å². The van der Waals surface area contributed by atoms with E-state index in [1.54, 1.807) is 48.5 Å². The van der Waals surface area contributed by atoms with E-state index in [9.17, 15) is 36.6 Å². The van der Waals surface area contributed by atoms with E-state index in [0.29, 0.717) is 45.5 Å². The normalized spacial score (nSPS) is 18.8. The molecule has 4 aromatic carbocycles. The van der Waals surface area contributed by atoms with Crippen LogP contribution in [0.25, 0.3) is 21.8 Å². The van der Waals surface area contributed by atoms with E-state index in [1.807, 2.05) is 38.4 Å². The van der Waals surface area contributed by atoms with Crippen molar-refractivity contribution in [2.45, 2.75) is 101 Å². The summed E-state index contributed by atoms with van der Waals surface area (Å²) in [6.45, 7) is 1.44. The van der Waals surface area contributed by atoms with Crippen molar-refractivity contribution >= 4 is 45.8 Å². The van der Waals surface area contributed by atoms with Gasteiger partial charge in [0.05, 0.1) is 23.9 Å². The van der Waals surface area contributed by atoms with Crippen LogP contribution in [0.4, 0.5) is 38.0 Å². The number of aromatic nitrogens is 4. The zero-order chi connectivity index (χ0) is 44.0. The quantitative estimate of drug-likeness (QED) is 0.0884. The maximum atomic E-state index is 12.8. The van der Waals surface area contributed by atoms with Crippen LogP contribution in [0.3, 0.4) is 0 Å². The van der Waals surface area contributed by atoms with E-state index < -0.39 is 25.2 Å². The van der Waals surface area contributed by atoms with Crippen molar-refractivity contribution in [3.8, 4) is 11.5 Å². The zero-order valence-corrected chi connectivity index (χ0v) is 35.7. The summed E-state index contributed by atoms with van der Waals surface area (Å²) in [5.74, 6) is 1.83. The first-order valence-corrected chi connectivity index (χ1v) is 20.7. The lowest BCUT2D eigenvalue weighted by molar-refractivity contribution is -0.128. The van der Waals surface area contributed by atoms with E-state index in [-0.39, 0.29) is 47.1 Å². The molecule has 10 nitrogen and oxygen atoms in total. The molecule has 8 rings (SSSR count). The third-order valence-electron chi connectivity index (χ3n) is 11.8. The van der Waals surface area contributed by atoms with E-state index in [0.717, 1.165) is 62.7 Å². The molecular weight excluding hydrogens is 846 g/mol. The van der Waals surface area contributed by atoms with Gasteiger partial charge >= 0.3 is 12.4 Å². The number of hydrogen-bond acceptors (Lipinski definition) is 10. The predicted molar refractivity (Wildman–Crippen MR) is 235 cm³/mol. The predicted octanol–water partition coefficient (Wildman–Crippen LogP) is 9.60. The Morgan fingerprint density at radius 3 is 1.27 bits per heavy atom. The molecule has 0 unspecified atom stereocenters. The molecule has 4 atom stereocenters. The topological polar surface area (TPSA) is 123 Å². The Bertz CT molecular complexity index is 2250. The highest BCUT2D eigenvalue weighted by molar-refractivity contribution is 5.90. The van der Waals surface area contributed by atoms with Crippen LogP contribution in [-0.2, 0) is 25.9 Å². The first-order valence-electron chi connectivity index (χ1n) is 20.7. The van der Waals surface area contributed by atoms with Gasteiger partial charge in [0.15, 0.2) is 0 Å². The maximum Gasteiger partial charge on any atom is 0.393 e. The van der Waals surface area contributed by atoms with Crippen LogP contribution >= 0.6 is 12.4 Å². The highest BCUT2D eigenvalue weighted by Crippen LogP contribution is 2.34. The van der Waals surface area contributed by atoms with Gasteiger partial charge in [-0.2, -0.15) is 26.3 Å². The molecule has 4 N–H and O–H groups in total. The first-order chi connectivity index (χ1) is 29.6. The Kier molecular flexibility index (Phi) is 15.2. The van der Waals surface area contributed by atoms with E-state index in [1.165, 1.54) is 24.8 Å². The summed E-state index contributed by atoms with van der Waals surface area (Å²) in [6.07, 6.45) is -1.71. The fourth-order valence-electron chi connectivity index (χ4n) is 8.51. The average molecular weight is 897 g/mol. The summed E-state index contributed by atoms with van der Waals surface area (Å²) in [4.78, 5) is 21.4. The summed E-state index contributed by atoms with van der Waals surface area (Å²) in [5.41, 5.74) is 3.92. The number of halogens is 7. The molecule has 0 aliphatic heterocycles. The number of alkyl halides is 6.